The van der Waals surface area contributed by atoms with Gasteiger partial charge in [-0.05, 0) is 36.1 Å². The summed E-state index contributed by atoms with van der Waals surface area (Å²) in [7, 11) is 1.45. The number of thiophene rings is 1. The Kier molecular flexibility index (Phi) is 8.93. The second kappa shape index (κ2) is 10.4. The van der Waals surface area contributed by atoms with Crippen LogP contribution in [0.5, 0.6) is 5.75 Å². The minimum atomic E-state index is -0.369. The van der Waals surface area contributed by atoms with Crippen LogP contribution in [0.25, 0.3) is 0 Å². The predicted octanol–water partition coefficient (Wildman–Crippen LogP) is 3.77. The molecule has 0 saturated heterocycles. The Bertz CT molecular complexity index is 620. The van der Waals surface area contributed by atoms with E-state index in [-0.39, 0.29) is 35.5 Å². The monoisotopic (exact) mass is 449 g/mol. The van der Waals surface area contributed by atoms with Crippen LogP contribution in [0.3, 0.4) is 0 Å². The smallest absolute Gasteiger partial charge is 0.191 e. The number of hydrogen-bond acceptors (Lipinski definition) is 3. The second-order valence-corrected chi connectivity index (χ2v) is 5.63. The van der Waals surface area contributed by atoms with Crippen molar-refractivity contribution in [3.8, 4) is 5.75 Å². The van der Waals surface area contributed by atoms with E-state index in [1.165, 1.54) is 18.1 Å². The minimum Gasteiger partial charge on any atom is -0.494 e. The van der Waals surface area contributed by atoms with Crippen LogP contribution in [-0.2, 0) is 13.1 Å². The van der Waals surface area contributed by atoms with E-state index in [0.29, 0.717) is 12.5 Å². The SMILES string of the molecule is CCNC(=NCc1ccc(OC)c(F)c1)NCc1cccs1.I. The summed E-state index contributed by atoms with van der Waals surface area (Å²) in [6, 6.07) is 8.97. The normalized spacial score (nSPS) is 10.8. The highest BCUT2D eigenvalue weighted by atomic mass is 127. The molecule has 0 saturated carbocycles. The van der Waals surface area contributed by atoms with Crippen LogP contribution in [0.15, 0.2) is 40.7 Å². The Morgan fingerprint density at radius 2 is 2.13 bits per heavy atom. The van der Waals surface area contributed by atoms with Gasteiger partial charge in [0.15, 0.2) is 17.5 Å². The van der Waals surface area contributed by atoms with Gasteiger partial charge in [0.2, 0.25) is 0 Å². The summed E-state index contributed by atoms with van der Waals surface area (Å²) in [5, 5.41) is 8.48. The number of aliphatic imine (C=N–C) groups is 1. The van der Waals surface area contributed by atoms with Crippen molar-refractivity contribution in [1.82, 2.24) is 10.6 Å². The van der Waals surface area contributed by atoms with Gasteiger partial charge in [-0.25, -0.2) is 9.38 Å². The van der Waals surface area contributed by atoms with Gasteiger partial charge < -0.3 is 15.4 Å². The summed E-state index contributed by atoms with van der Waals surface area (Å²) in [6.45, 7) is 3.91. The van der Waals surface area contributed by atoms with Crippen LogP contribution in [-0.4, -0.2) is 19.6 Å². The fourth-order valence-corrected chi connectivity index (χ4v) is 2.55. The van der Waals surface area contributed by atoms with Gasteiger partial charge in [0.05, 0.1) is 20.2 Å². The molecule has 0 amide bonds. The van der Waals surface area contributed by atoms with E-state index in [9.17, 15) is 4.39 Å². The van der Waals surface area contributed by atoms with E-state index in [0.717, 1.165) is 18.7 Å². The van der Waals surface area contributed by atoms with Gasteiger partial charge in [0.25, 0.3) is 0 Å². The molecule has 0 atom stereocenters. The van der Waals surface area contributed by atoms with E-state index >= 15 is 0 Å². The van der Waals surface area contributed by atoms with Crippen molar-refractivity contribution in [3.05, 3.63) is 52.0 Å². The van der Waals surface area contributed by atoms with Gasteiger partial charge in [0, 0.05) is 11.4 Å². The molecule has 0 spiro atoms. The predicted molar refractivity (Wildman–Crippen MR) is 104 cm³/mol. The van der Waals surface area contributed by atoms with Crippen LogP contribution in [0.2, 0.25) is 0 Å². The van der Waals surface area contributed by atoms with Crippen LogP contribution in [0, 0.1) is 5.82 Å². The molecular weight excluding hydrogens is 428 g/mol. The summed E-state index contributed by atoms with van der Waals surface area (Å²) in [5.41, 5.74) is 0.798. The molecular formula is C16H21FIN3OS. The third kappa shape index (κ3) is 6.34. The van der Waals surface area contributed by atoms with Gasteiger partial charge in [-0.1, -0.05) is 12.1 Å². The molecule has 7 heteroatoms. The van der Waals surface area contributed by atoms with Crippen LogP contribution >= 0.6 is 35.3 Å². The third-order valence-corrected chi connectivity index (χ3v) is 3.87. The van der Waals surface area contributed by atoms with Crippen molar-refractivity contribution < 1.29 is 9.13 Å². The fraction of sp³-hybridized carbons (Fsp3) is 0.312. The van der Waals surface area contributed by atoms with E-state index in [1.807, 2.05) is 24.4 Å². The van der Waals surface area contributed by atoms with Crippen LogP contribution in [0.4, 0.5) is 4.39 Å². The zero-order valence-corrected chi connectivity index (χ0v) is 16.3. The highest BCUT2D eigenvalue weighted by Crippen LogP contribution is 2.18. The molecule has 0 unspecified atom stereocenters. The van der Waals surface area contributed by atoms with Crippen molar-refractivity contribution in [2.24, 2.45) is 4.99 Å². The lowest BCUT2D eigenvalue weighted by Gasteiger charge is -2.10. The number of hydrogen-bond donors (Lipinski definition) is 2. The Balaban J connectivity index is 0.00000264. The van der Waals surface area contributed by atoms with E-state index in [1.54, 1.807) is 17.4 Å². The lowest BCUT2D eigenvalue weighted by Crippen LogP contribution is -2.36. The maximum atomic E-state index is 13.7. The Morgan fingerprint density at radius 3 is 2.74 bits per heavy atom. The molecule has 2 rings (SSSR count). The Hall–Kier alpha value is -1.35. The maximum Gasteiger partial charge on any atom is 0.191 e. The molecule has 0 aliphatic carbocycles. The van der Waals surface area contributed by atoms with Crippen molar-refractivity contribution >= 4 is 41.3 Å². The summed E-state index contributed by atoms with van der Waals surface area (Å²) in [5.74, 6) is 0.592. The molecule has 4 nitrogen and oxygen atoms in total. The molecule has 0 aliphatic heterocycles. The second-order valence-electron chi connectivity index (χ2n) is 4.60. The van der Waals surface area contributed by atoms with Gasteiger partial charge >= 0.3 is 0 Å². The molecule has 2 aromatic rings. The largest absolute Gasteiger partial charge is 0.494 e. The Morgan fingerprint density at radius 1 is 1.30 bits per heavy atom. The summed E-state index contributed by atoms with van der Waals surface area (Å²) in [6.07, 6.45) is 0. The zero-order chi connectivity index (χ0) is 15.8. The van der Waals surface area contributed by atoms with E-state index < -0.39 is 0 Å². The molecule has 0 bridgehead atoms. The highest BCUT2D eigenvalue weighted by Gasteiger charge is 2.04. The minimum absolute atomic E-state index is 0. The van der Waals surface area contributed by atoms with Gasteiger partial charge in [-0.2, -0.15) is 0 Å². The average molecular weight is 449 g/mol. The number of nitrogens with one attached hydrogen (secondary N) is 2. The summed E-state index contributed by atoms with van der Waals surface area (Å²) in [4.78, 5) is 5.71. The summed E-state index contributed by atoms with van der Waals surface area (Å²) >= 11 is 1.69. The first-order valence-electron chi connectivity index (χ1n) is 7.10. The molecule has 0 radical (unpaired) electrons. The van der Waals surface area contributed by atoms with Crippen molar-refractivity contribution in [1.29, 1.82) is 0 Å². The number of rotatable bonds is 6. The first-order valence-corrected chi connectivity index (χ1v) is 7.98. The first kappa shape index (κ1) is 19.7. The van der Waals surface area contributed by atoms with Crippen LogP contribution in [0.1, 0.15) is 17.4 Å². The number of halogens is 2. The average Bonchev–Trinajstić information content (AvgIpc) is 3.03. The third-order valence-electron chi connectivity index (χ3n) is 2.99. The van der Waals surface area contributed by atoms with Crippen LogP contribution < -0.4 is 15.4 Å². The summed E-state index contributed by atoms with van der Waals surface area (Å²) < 4.78 is 18.6. The molecule has 1 heterocycles. The van der Waals surface area contributed by atoms with E-state index in [2.05, 4.69) is 21.7 Å². The van der Waals surface area contributed by atoms with Crippen molar-refractivity contribution in [3.63, 3.8) is 0 Å². The quantitative estimate of drug-likeness (QED) is 0.401. The van der Waals surface area contributed by atoms with Gasteiger partial charge in [-0.15, -0.1) is 35.3 Å². The van der Waals surface area contributed by atoms with Gasteiger partial charge in [-0.3, -0.25) is 0 Å². The molecule has 0 aliphatic rings. The number of guanidine groups is 1. The van der Waals surface area contributed by atoms with Gasteiger partial charge in [0.1, 0.15) is 0 Å². The lowest BCUT2D eigenvalue weighted by atomic mass is 10.2. The Labute approximate surface area is 157 Å². The number of nitrogens with zero attached hydrogens (tertiary/aromatic N) is 1. The molecule has 1 aromatic heterocycles. The molecule has 23 heavy (non-hydrogen) atoms. The fourth-order valence-electron chi connectivity index (χ4n) is 1.90. The maximum absolute atomic E-state index is 13.7. The van der Waals surface area contributed by atoms with Crippen molar-refractivity contribution in [2.45, 2.75) is 20.0 Å². The highest BCUT2D eigenvalue weighted by molar-refractivity contribution is 14.0. The molecule has 1 aromatic carbocycles. The standard InChI is InChI=1S/C16H20FN3OS.HI/c1-3-18-16(20-11-13-5-4-8-22-13)19-10-12-6-7-15(21-2)14(17)9-12;/h4-9H,3,10-11H2,1-2H3,(H2,18,19,20);1H. The lowest BCUT2D eigenvalue weighted by molar-refractivity contribution is 0.386. The number of ether oxygens (including phenoxy) is 1. The molecule has 2 N–H and O–H groups in total. The number of methoxy groups -OCH3 is 1. The molecule has 126 valence electrons. The molecule has 0 fully saturated rings. The van der Waals surface area contributed by atoms with E-state index in [4.69, 9.17) is 4.74 Å². The first-order chi connectivity index (χ1) is 10.7. The number of benzene rings is 1. The topological polar surface area (TPSA) is 45.7 Å². The van der Waals surface area contributed by atoms with Crippen molar-refractivity contribution in [2.75, 3.05) is 13.7 Å². The zero-order valence-electron chi connectivity index (χ0n) is 13.1.